The zero-order chi connectivity index (χ0) is 14.0. The lowest BCUT2D eigenvalue weighted by molar-refractivity contribution is 0.0698. The van der Waals surface area contributed by atoms with Gasteiger partial charge >= 0.3 is 5.97 Å². The van der Waals surface area contributed by atoms with Crippen molar-refractivity contribution in [2.24, 2.45) is 7.05 Å². The summed E-state index contributed by atoms with van der Waals surface area (Å²) >= 11 is 5.81. The molecule has 6 heteroatoms. The van der Waals surface area contributed by atoms with Crippen LogP contribution in [-0.2, 0) is 7.05 Å². The van der Waals surface area contributed by atoms with E-state index in [1.807, 2.05) is 0 Å². The molecule has 0 radical (unpaired) electrons. The standard InChI is InChI=1S/C13H11ClN2O3/c1-16-6-2-3-11(16)12(17)15-10-7-8(14)4-5-9(10)13(18)19/h2-7H,1H3,(H,15,17)(H,18,19). The van der Waals surface area contributed by atoms with Crippen LogP contribution in [0.3, 0.4) is 0 Å². The Bertz CT molecular complexity index is 649. The van der Waals surface area contributed by atoms with Crippen molar-refractivity contribution in [3.8, 4) is 0 Å². The van der Waals surface area contributed by atoms with Gasteiger partial charge in [0.1, 0.15) is 5.69 Å². The van der Waals surface area contributed by atoms with E-state index in [0.717, 1.165) is 0 Å². The molecule has 2 rings (SSSR count). The van der Waals surface area contributed by atoms with Crippen molar-refractivity contribution in [1.29, 1.82) is 0 Å². The van der Waals surface area contributed by atoms with Crippen LogP contribution in [0.1, 0.15) is 20.8 Å². The number of nitrogens with one attached hydrogen (secondary N) is 1. The summed E-state index contributed by atoms with van der Waals surface area (Å²) in [5.41, 5.74) is 0.592. The molecule has 0 aliphatic carbocycles. The molecule has 0 saturated carbocycles. The van der Waals surface area contributed by atoms with Crippen molar-refractivity contribution in [2.75, 3.05) is 5.32 Å². The number of aryl methyl sites for hydroxylation is 1. The van der Waals surface area contributed by atoms with Gasteiger partial charge in [0, 0.05) is 18.3 Å². The SMILES string of the molecule is Cn1cccc1C(=O)Nc1cc(Cl)ccc1C(=O)O. The second kappa shape index (κ2) is 5.16. The minimum absolute atomic E-state index is 0.00745. The molecule has 1 amide bonds. The van der Waals surface area contributed by atoms with E-state index in [1.54, 1.807) is 29.9 Å². The Morgan fingerprint density at radius 3 is 2.63 bits per heavy atom. The van der Waals surface area contributed by atoms with Gasteiger partial charge in [-0.3, -0.25) is 4.79 Å². The monoisotopic (exact) mass is 278 g/mol. The number of hydrogen-bond acceptors (Lipinski definition) is 2. The summed E-state index contributed by atoms with van der Waals surface area (Å²) in [7, 11) is 1.73. The van der Waals surface area contributed by atoms with E-state index < -0.39 is 11.9 Å². The van der Waals surface area contributed by atoms with Gasteiger partial charge in [0.05, 0.1) is 11.3 Å². The zero-order valence-corrected chi connectivity index (χ0v) is 10.8. The third-order valence-electron chi connectivity index (χ3n) is 2.64. The molecule has 1 aromatic heterocycles. The van der Waals surface area contributed by atoms with Crippen LogP contribution in [0, 0.1) is 0 Å². The van der Waals surface area contributed by atoms with Gasteiger partial charge in [-0.15, -0.1) is 0 Å². The molecule has 0 bridgehead atoms. The molecule has 0 aliphatic rings. The van der Waals surface area contributed by atoms with Crippen LogP contribution in [0.4, 0.5) is 5.69 Å². The molecule has 0 atom stereocenters. The molecule has 2 aromatic rings. The fraction of sp³-hybridized carbons (Fsp3) is 0.0769. The van der Waals surface area contributed by atoms with E-state index in [4.69, 9.17) is 16.7 Å². The first-order chi connectivity index (χ1) is 8.99. The van der Waals surface area contributed by atoms with Crippen molar-refractivity contribution in [3.05, 3.63) is 52.8 Å². The number of carboxylic acids is 1. The number of carboxylic acid groups (broad SMARTS) is 1. The number of amides is 1. The Labute approximate surface area is 114 Å². The highest BCUT2D eigenvalue weighted by Crippen LogP contribution is 2.21. The molecular formula is C13H11ClN2O3. The number of benzene rings is 1. The third-order valence-corrected chi connectivity index (χ3v) is 2.87. The first-order valence-corrected chi connectivity index (χ1v) is 5.82. The Morgan fingerprint density at radius 2 is 2.05 bits per heavy atom. The Morgan fingerprint density at radius 1 is 1.32 bits per heavy atom. The highest BCUT2D eigenvalue weighted by atomic mass is 35.5. The second-order valence-electron chi connectivity index (χ2n) is 3.95. The maximum atomic E-state index is 12.0. The van der Waals surface area contributed by atoms with Crippen LogP contribution in [0.15, 0.2) is 36.5 Å². The van der Waals surface area contributed by atoms with Gasteiger partial charge in [0.15, 0.2) is 0 Å². The quantitative estimate of drug-likeness (QED) is 0.906. The first kappa shape index (κ1) is 13.2. The smallest absolute Gasteiger partial charge is 0.337 e. The summed E-state index contributed by atoms with van der Waals surface area (Å²) in [6.07, 6.45) is 1.73. The van der Waals surface area contributed by atoms with E-state index in [1.165, 1.54) is 18.2 Å². The lowest BCUT2D eigenvalue weighted by Gasteiger charge is -2.09. The van der Waals surface area contributed by atoms with Gasteiger partial charge in [-0.2, -0.15) is 0 Å². The average Bonchev–Trinajstić information content (AvgIpc) is 2.75. The molecule has 1 heterocycles. The predicted octanol–water partition coefficient (Wildman–Crippen LogP) is 2.63. The number of aromatic carboxylic acids is 1. The van der Waals surface area contributed by atoms with Crippen LogP contribution in [0.5, 0.6) is 0 Å². The molecule has 0 aliphatic heterocycles. The number of nitrogens with zero attached hydrogens (tertiary/aromatic N) is 1. The number of rotatable bonds is 3. The summed E-state index contributed by atoms with van der Waals surface area (Å²) in [6.45, 7) is 0. The number of halogens is 1. The van der Waals surface area contributed by atoms with Crippen LogP contribution < -0.4 is 5.32 Å². The number of anilines is 1. The number of aromatic nitrogens is 1. The summed E-state index contributed by atoms with van der Waals surface area (Å²) in [5.74, 6) is -1.52. The van der Waals surface area contributed by atoms with Crippen molar-refractivity contribution in [3.63, 3.8) is 0 Å². The van der Waals surface area contributed by atoms with E-state index in [2.05, 4.69) is 5.32 Å². The molecule has 5 nitrogen and oxygen atoms in total. The lowest BCUT2D eigenvalue weighted by atomic mass is 10.1. The lowest BCUT2D eigenvalue weighted by Crippen LogP contribution is -2.17. The van der Waals surface area contributed by atoms with Crippen molar-refractivity contribution < 1.29 is 14.7 Å². The van der Waals surface area contributed by atoms with Crippen molar-refractivity contribution >= 4 is 29.2 Å². The van der Waals surface area contributed by atoms with E-state index in [9.17, 15) is 9.59 Å². The fourth-order valence-corrected chi connectivity index (χ4v) is 1.86. The molecule has 1 aromatic carbocycles. The topological polar surface area (TPSA) is 71.3 Å². The minimum atomic E-state index is -1.13. The van der Waals surface area contributed by atoms with Gasteiger partial charge in [-0.25, -0.2) is 4.79 Å². The second-order valence-corrected chi connectivity index (χ2v) is 4.39. The van der Waals surface area contributed by atoms with Crippen LogP contribution >= 0.6 is 11.6 Å². The molecule has 0 fully saturated rings. The van der Waals surface area contributed by atoms with Gasteiger partial charge in [0.25, 0.3) is 5.91 Å². The van der Waals surface area contributed by atoms with Crippen molar-refractivity contribution in [1.82, 2.24) is 4.57 Å². The molecule has 0 spiro atoms. The highest BCUT2D eigenvalue weighted by Gasteiger charge is 2.15. The van der Waals surface area contributed by atoms with Gasteiger partial charge in [-0.1, -0.05) is 11.6 Å². The van der Waals surface area contributed by atoms with Crippen molar-refractivity contribution in [2.45, 2.75) is 0 Å². The van der Waals surface area contributed by atoms with Crippen LogP contribution in [0.2, 0.25) is 5.02 Å². The zero-order valence-electron chi connectivity index (χ0n) is 10.1. The number of carbonyl (C=O) groups excluding carboxylic acids is 1. The van der Waals surface area contributed by atoms with Gasteiger partial charge in [0.2, 0.25) is 0 Å². The predicted molar refractivity (Wildman–Crippen MR) is 71.8 cm³/mol. The van der Waals surface area contributed by atoms with E-state index in [-0.39, 0.29) is 11.3 Å². The maximum Gasteiger partial charge on any atom is 0.337 e. The Kier molecular flexibility index (Phi) is 3.57. The normalized spacial score (nSPS) is 10.2. The first-order valence-electron chi connectivity index (χ1n) is 5.44. The molecule has 0 unspecified atom stereocenters. The fourth-order valence-electron chi connectivity index (χ4n) is 1.69. The third kappa shape index (κ3) is 2.77. The molecule has 0 saturated heterocycles. The molecule has 2 N–H and O–H groups in total. The summed E-state index contributed by atoms with van der Waals surface area (Å²) in [6, 6.07) is 7.59. The van der Waals surface area contributed by atoms with Crippen LogP contribution in [-0.4, -0.2) is 21.6 Å². The Balaban J connectivity index is 2.33. The number of carbonyl (C=O) groups is 2. The largest absolute Gasteiger partial charge is 0.478 e. The molecule has 19 heavy (non-hydrogen) atoms. The molecular weight excluding hydrogens is 268 g/mol. The van der Waals surface area contributed by atoms with Crippen LogP contribution in [0.25, 0.3) is 0 Å². The maximum absolute atomic E-state index is 12.0. The molecule has 98 valence electrons. The summed E-state index contributed by atoms with van der Waals surface area (Å²) < 4.78 is 1.64. The summed E-state index contributed by atoms with van der Waals surface area (Å²) in [5, 5.41) is 12.0. The van der Waals surface area contributed by atoms with E-state index in [0.29, 0.717) is 10.7 Å². The highest BCUT2D eigenvalue weighted by molar-refractivity contribution is 6.31. The van der Waals surface area contributed by atoms with E-state index >= 15 is 0 Å². The van der Waals surface area contributed by atoms with Gasteiger partial charge < -0.3 is 15.0 Å². The van der Waals surface area contributed by atoms with Gasteiger partial charge in [-0.05, 0) is 30.3 Å². The minimum Gasteiger partial charge on any atom is -0.478 e. The number of hydrogen-bond donors (Lipinski definition) is 2. The Hall–Kier alpha value is -2.27. The summed E-state index contributed by atoms with van der Waals surface area (Å²) in [4.78, 5) is 23.1. The average molecular weight is 279 g/mol.